The van der Waals surface area contributed by atoms with E-state index in [9.17, 15) is 4.79 Å². The standard InChI is InChI=1S/C15H20N2O/c16-13-8-11(9-13)10-17-14(18)15(6-7-15)12-4-2-1-3-5-12/h1-5,11,13H,6-10,16H2,(H,17,18). The Morgan fingerprint density at radius 1 is 1.28 bits per heavy atom. The third-order valence-corrected chi connectivity index (χ3v) is 4.33. The monoisotopic (exact) mass is 244 g/mol. The van der Waals surface area contributed by atoms with Crippen molar-refractivity contribution in [3.05, 3.63) is 35.9 Å². The minimum atomic E-state index is -0.229. The highest BCUT2D eigenvalue weighted by Crippen LogP contribution is 2.48. The van der Waals surface area contributed by atoms with Gasteiger partial charge in [-0.25, -0.2) is 0 Å². The number of carbonyl (C=O) groups excluding carboxylic acids is 1. The Labute approximate surface area is 108 Å². The van der Waals surface area contributed by atoms with Gasteiger partial charge in [-0.3, -0.25) is 4.79 Å². The van der Waals surface area contributed by atoms with Crippen molar-refractivity contribution in [2.75, 3.05) is 6.54 Å². The summed E-state index contributed by atoms with van der Waals surface area (Å²) >= 11 is 0. The first-order valence-corrected chi connectivity index (χ1v) is 6.80. The number of carbonyl (C=O) groups is 1. The summed E-state index contributed by atoms with van der Waals surface area (Å²) in [6.07, 6.45) is 4.07. The van der Waals surface area contributed by atoms with Gasteiger partial charge in [0, 0.05) is 12.6 Å². The second-order valence-electron chi connectivity index (χ2n) is 5.76. The average Bonchev–Trinajstić information content (AvgIpc) is 3.15. The summed E-state index contributed by atoms with van der Waals surface area (Å²) in [6, 6.07) is 10.5. The molecule has 1 aromatic carbocycles. The second kappa shape index (κ2) is 4.39. The first-order chi connectivity index (χ1) is 8.71. The Morgan fingerprint density at radius 2 is 1.94 bits per heavy atom. The molecule has 0 spiro atoms. The molecule has 96 valence electrons. The highest BCUT2D eigenvalue weighted by Gasteiger charge is 2.51. The van der Waals surface area contributed by atoms with Gasteiger partial charge in [-0.1, -0.05) is 30.3 Å². The minimum Gasteiger partial charge on any atom is -0.355 e. The van der Waals surface area contributed by atoms with Gasteiger partial charge in [0.2, 0.25) is 5.91 Å². The molecule has 0 aromatic heterocycles. The van der Waals surface area contributed by atoms with E-state index in [0.29, 0.717) is 12.0 Å². The summed E-state index contributed by atoms with van der Waals surface area (Å²) in [5.41, 5.74) is 6.68. The lowest BCUT2D eigenvalue weighted by Crippen LogP contribution is -2.44. The Morgan fingerprint density at radius 3 is 2.50 bits per heavy atom. The predicted molar refractivity (Wildman–Crippen MR) is 71.1 cm³/mol. The fourth-order valence-electron chi connectivity index (χ4n) is 2.89. The smallest absolute Gasteiger partial charge is 0.230 e. The van der Waals surface area contributed by atoms with Crippen molar-refractivity contribution in [3.8, 4) is 0 Å². The van der Waals surface area contributed by atoms with E-state index >= 15 is 0 Å². The zero-order chi connectivity index (χ0) is 12.6. The SMILES string of the molecule is NC1CC(CNC(=O)C2(c3ccccc3)CC2)C1. The number of amides is 1. The molecule has 2 aliphatic carbocycles. The molecule has 3 nitrogen and oxygen atoms in total. The van der Waals surface area contributed by atoms with Crippen molar-refractivity contribution in [2.45, 2.75) is 37.1 Å². The van der Waals surface area contributed by atoms with Crippen LogP contribution < -0.4 is 11.1 Å². The van der Waals surface area contributed by atoms with E-state index in [-0.39, 0.29) is 11.3 Å². The zero-order valence-electron chi connectivity index (χ0n) is 10.6. The fraction of sp³-hybridized carbons (Fsp3) is 0.533. The quantitative estimate of drug-likeness (QED) is 0.844. The van der Waals surface area contributed by atoms with Gasteiger partial charge in [-0.05, 0) is 37.2 Å². The number of benzene rings is 1. The molecule has 18 heavy (non-hydrogen) atoms. The van der Waals surface area contributed by atoms with Gasteiger partial charge in [-0.15, -0.1) is 0 Å². The van der Waals surface area contributed by atoms with Crippen LogP contribution in [0.3, 0.4) is 0 Å². The number of nitrogens with one attached hydrogen (secondary N) is 1. The van der Waals surface area contributed by atoms with E-state index in [1.165, 1.54) is 0 Å². The number of hydrogen-bond acceptors (Lipinski definition) is 2. The van der Waals surface area contributed by atoms with Gasteiger partial charge in [0.15, 0.2) is 0 Å². The molecule has 0 saturated heterocycles. The molecule has 2 aliphatic rings. The van der Waals surface area contributed by atoms with Crippen LogP contribution in [-0.2, 0) is 10.2 Å². The summed E-state index contributed by atoms with van der Waals surface area (Å²) in [5, 5.41) is 3.11. The normalized spacial score (nSPS) is 28.3. The summed E-state index contributed by atoms with van der Waals surface area (Å²) < 4.78 is 0. The van der Waals surface area contributed by atoms with Gasteiger partial charge >= 0.3 is 0 Å². The molecule has 3 N–H and O–H groups in total. The maximum Gasteiger partial charge on any atom is 0.230 e. The van der Waals surface area contributed by atoms with Crippen LogP contribution in [0.2, 0.25) is 0 Å². The van der Waals surface area contributed by atoms with Crippen molar-refractivity contribution in [2.24, 2.45) is 11.7 Å². The maximum atomic E-state index is 12.3. The Balaban J connectivity index is 1.59. The molecule has 2 saturated carbocycles. The molecule has 0 bridgehead atoms. The van der Waals surface area contributed by atoms with Crippen molar-refractivity contribution >= 4 is 5.91 Å². The van der Waals surface area contributed by atoms with Crippen LogP contribution >= 0.6 is 0 Å². The first kappa shape index (κ1) is 11.7. The molecule has 0 atom stereocenters. The van der Waals surface area contributed by atoms with Crippen LogP contribution in [0.15, 0.2) is 30.3 Å². The lowest BCUT2D eigenvalue weighted by molar-refractivity contribution is -0.123. The summed E-state index contributed by atoms with van der Waals surface area (Å²) in [4.78, 5) is 12.3. The van der Waals surface area contributed by atoms with Crippen LogP contribution in [-0.4, -0.2) is 18.5 Å². The summed E-state index contributed by atoms with van der Waals surface area (Å²) in [6.45, 7) is 0.793. The Bertz CT molecular complexity index is 433. The van der Waals surface area contributed by atoms with E-state index in [4.69, 9.17) is 5.73 Å². The minimum absolute atomic E-state index is 0.203. The Kier molecular flexibility index (Phi) is 2.86. The van der Waals surface area contributed by atoms with Crippen LogP contribution in [0.5, 0.6) is 0 Å². The fourth-order valence-corrected chi connectivity index (χ4v) is 2.89. The van der Waals surface area contributed by atoms with Gasteiger partial charge in [0.1, 0.15) is 0 Å². The summed E-state index contributed by atoms with van der Waals surface area (Å²) in [7, 11) is 0. The van der Waals surface area contributed by atoms with E-state index in [1.807, 2.05) is 18.2 Å². The van der Waals surface area contributed by atoms with E-state index in [1.54, 1.807) is 0 Å². The van der Waals surface area contributed by atoms with Gasteiger partial charge in [0.25, 0.3) is 0 Å². The molecule has 2 fully saturated rings. The lowest BCUT2D eigenvalue weighted by Gasteiger charge is -2.32. The molecular formula is C15H20N2O. The predicted octanol–water partition coefficient (Wildman–Crippen LogP) is 1.57. The van der Waals surface area contributed by atoms with E-state index < -0.39 is 0 Å². The van der Waals surface area contributed by atoms with Gasteiger partial charge in [0.05, 0.1) is 5.41 Å². The third-order valence-electron chi connectivity index (χ3n) is 4.33. The molecule has 1 aromatic rings. The zero-order valence-corrected chi connectivity index (χ0v) is 10.6. The molecule has 0 heterocycles. The number of nitrogens with two attached hydrogens (primary N) is 1. The topological polar surface area (TPSA) is 55.1 Å². The van der Waals surface area contributed by atoms with Crippen molar-refractivity contribution in [3.63, 3.8) is 0 Å². The van der Waals surface area contributed by atoms with Crippen LogP contribution in [0.1, 0.15) is 31.2 Å². The molecule has 0 unspecified atom stereocenters. The molecular weight excluding hydrogens is 224 g/mol. The third kappa shape index (κ3) is 2.03. The first-order valence-electron chi connectivity index (χ1n) is 6.80. The largest absolute Gasteiger partial charge is 0.355 e. The molecule has 3 rings (SSSR count). The molecule has 0 aliphatic heterocycles. The second-order valence-corrected chi connectivity index (χ2v) is 5.76. The van der Waals surface area contributed by atoms with Gasteiger partial charge < -0.3 is 11.1 Å². The van der Waals surface area contributed by atoms with Crippen LogP contribution in [0.25, 0.3) is 0 Å². The van der Waals surface area contributed by atoms with E-state index in [0.717, 1.165) is 37.8 Å². The van der Waals surface area contributed by atoms with Gasteiger partial charge in [-0.2, -0.15) is 0 Å². The highest BCUT2D eigenvalue weighted by atomic mass is 16.2. The van der Waals surface area contributed by atoms with Crippen molar-refractivity contribution in [1.82, 2.24) is 5.32 Å². The van der Waals surface area contributed by atoms with E-state index in [2.05, 4.69) is 17.4 Å². The Hall–Kier alpha value is -1.35. The highest BCUT2D eigenvalue weighted by molar-refractivity contribution is 5.91. The molecule has 3 heteroatoms. The number of rotatable bonds is 4. The summed E-state index contributed by atoms with van der Waals surface area (Å²) in [5.74, 6) is 0.796. The average molecular weight is 244 g/mol. The lowest BCUT2D eigenvalue weighted by atomic mass is 9.81. The van der Waals surface area contributed by atoms with Crippen molar-refractivity contribution < 1.29 is 4.79 Å². The van der Waals surface area contributed by atoms with Crippen LogP contribution in [0, 0.1) is 5.92 Å². The molecule has 1 amide bonds. The molecule has 0 radical (unpaired) electrons. The van der Waals surface area contributed by atoms with Crippen LogP contribution in [0.4, 0.5) is 0 Å². The van der Waals surface area contributed by atoms with Crippen molar-refractivity contribution in [1.29, 1.82) is 0 Å². The number of hydrogen-bond donors (Lipinski definition) is 2. The maximum absolute atomic E-state index is 12.3.